The maximum absolute atomic E-state index is 7.15. The van der Waals surface area contributed by atoms with Crippen LogP contribution in [0.15, 0.2) is 140 Å². The normalized spacial score (nSPS) is 16.2. The molecule has 0 spiro atoms. The van der Waals surface area contributed by atoms with Crippen LogP contribution < -0.4 is 4.74 Å². The van der Waals surface area contributed by atoms with Crippen LogP contribution in [-0.4, -0.2) is 4.98 Å². The zero-order chi connectivity index (χ0) is 28.1. The van der Waals surface area contributed by atoms with Gasteiger partial charge < -0.3 is 4.74 Å². The fourth-order valence-electron chi connectivity index (χ4n) is 7.62. The lowest BCUT2D eigenvalue weighted by molar-refractivity contribution is 0.449. The van der Waals surface area contributed by atoms with Gasteiger partial charge in [0.2, 0.25) is 0 Å². The first-order chi connectivity index (χ1) is 21.3. The molecule has 1 aliphatic carbocycles. The molecule has 2 aliphatic rings. The Hall–Kier alpha value is -5.25. The number of para-hydroxylation sites is 1. The minimum absolute atomic E-state index is 0.546. The van der Waals surface area contributed by atoms with E-state index in [0.717, 1.165) is 32.8 Å². The van der Waals surface area contributed by atoms with Crippen LogP contribution in [0.25, 0.3) is 53.5 Å². The van der Waals surface area contributed by atoms with Crippen molar-refractivity contribution in [2.24, 2.45) is 0 Å². The largest absolute Gasteiger partial charge is 0.455 e. The van der Waals surface area contributed by atoms with E-state index >= 15 is 0 Å². The second-order valence-corrected chi connectivity index (χ2v) is 12.5. The first-order valence-electron chi connectivity index (χ1n) is 14.6. The fraction of sp³-hybridized carbons (Fsp3) is 0.0250. The summed E-state index contributed by atoms with van der Waals surface area (Å²) in [5.74, 6) is 1.89. The van der Waals surface area contributed by atoms with E-state index < -0.39 is 5.41 Å². The molecule has 1 aliphatic heterocycles. The van der Waals surface area contributed by atoms with Gasteiger partial charge in [-0.05, 0) is 51.2 Å². The minimum atomic E-state index is -0.546. The molecule has 43 heavy (non-hydrogen) atoms. The highest BCUT2D eigenvalue weighted by Crippen LogP contribution is 2.66. The van der Waals surface area contributed by atoms with Gasteiger partial charge in [0.1, 0.15) is 16.5 Å². The molecule has 0 fully saturated rings. The first kappa shape index (κ1) is 23.3. The smallest absolute Gasteiger partial charge is 0.140 e. The molecule has 8 aromatic rings. The van der Waals surface area contributed by atoms with Gasteiger partial charge in [-0.1, -0.05) is 121 Å². The minimum Gasteiger partial charge on any atom is -0.455 e. The Morgan fingerprint density at radius 1 is 0.558 bits per heavy atom. The molecule has 1 unspecified atom stereocenters. The standard InChI is InChI=1S/C40H23NOS/c1-2-13-26(14-3-1)40-31-18-10-17-29(39-41-33-19-8-9-20-34(33)43-39)35(31)30-23-25-12-5-7-16-28(25)38(36(30)40)42-37-27-15-6-4-11-24(27)21-22-32(37)40/h1-23H. The summed E-state index contributed by atoms with van der Waals surface area (Å²) >= 11 is 1.76. The van der Waals surface area contributed by atoms with Crippen LogP contribution in [0.1, 0.15) is 22.3 Å². The summed E-state index contributed by atoms with van der Waals surface area (Å²) in [5, 5.41) is 5.66. The molecule has 3 heteroatoms. The van der Waals surface area contributed by atoms with Crippen molar-refractivity contribution in [3.05, 3.63) is 162 Å². The van der Waals surface area contributed by atoms with E-state index in [0.29, 0.717) is 0 Å². The van der Waals surface area contributed by atoms with E-state index in [9.17, 15) is 0 Å². The number of hydrogen-bond acceptors (Lipinski definition) is 3. The second kappa shape index (κ2) is 8.41. The number of rotatable bonds is 2. The highest BCUT2D eigenvalue weighted by molar-refractivity contribution is 7.21. The molecule has 0 bridgehead atoms. The Morgan fingerprint density at radius 2 is 1.30 bits per heavy atom. The van der Waals surface area contributed by atoms with Crippen molar-refractivity contribution in [2.75, 3.05) is 0 Å². The maximum atomic E-state index is 7.15. The number of benzene rings is 7. The van der Waals surface area contributed by atoms with Gasteiger partial charge in [0.05, 0.1) is 15.6 Å². The van der Waals surface area contributed by atoms with Crippen LogP contribution in [0.3, 0.4) is 0 Å². The quantitative estimate of drug-likeness (QED) is 0.208. The summed E-state index contributed by atoms with van der Waals surface area (Å²) in [4.78, 5) is 5.15. The molecule has 0 amide bonds. The predicted molar refractivity (Wildman–Crippen MR) is 177 cm³/mol. The number of fused-ring (bicyclic) bond motifs is 10. The van der Waals surface area contributed by atoms with E-state index in [1.54, 1.807) is 11.3 Å². The van der Waals surface area contributed by atoms with Crippen LogP contribution in [0.2, 0.25) is 0 Å². The third kappa shape index (κ3) is 2.95. The van der Waals surface area contributed by atoms with Crippen molar-refractivity contribution in [1.82, 2.24) is 4.98 Å². The number of aromatic nitrogens is 1. The van der Waals surface area contributed by atoms with Gasteiger partial charge in [0.25, 0.3) is 0 Å². The molecule has 200 valence electrons. The van der Waals surface area contributed by atoms with E-state index in [1.807, 2.05) is 0 Å². The van der Waals surface area contributed by atoms with Crippen molar-refractivity contribution in [3.8, 4) is 33.2 Å². The van der Waals surface area contributed by atoms with Crippen molar-refractivity contribution >= 4 is 43.1 Å². The maximum Gasteiger partial charge on any atom is 0.140 e. The third-order valence-corrected chi connectivity index (χ3v) is 10.4. The van der Waals surface area contributed by atoms with E-state index in [4.69, 9.17) is 9.72 Å². The number of nitrogens with zero attached hydrogens (tertiary/aromatic N) is 1. The van der Waals surface area contributed by atoms with E-state index in [1.165, 1.54) is 54.4 Å². The number of ether oxygens (including phenoxy) is 1. The molecule has 10 rings (SSSR count). The molecule has 0 saturated heterocycles. The van der Waals surface area contributed by atoms with Crippen LogP contribution in [-0.2, 0) is 5.41 Å². The van der Waals surface area contributed by atoms with Crippen molar-refractivity contribution < 1.29 is 4.74 Å². The molecule has 0 radical (unpaired) electrons. The van der Waals surface area contributed by atoms with Gasteiger partial charge >= 0.3 is 0 Å². The van der Waals surface area contributed by atoms with Crippen molar-refractivity contribution in [1.29, 1.82) is 0 Å². The predicted octanol–water partition coefficient (Wildman–Crippen LogP) is 10.7. The molecule has 1 aromatic heterocycles. The van der Waals surface area contributed by atoms with E-state index in [-0.39, 0.29) is 0 Å². The van der Waals surface area contributed by atoms with Crippen molar-refractivity contribution in [2.45, 2.75) is 5.41 Å². The summed E-state index contributed by atoms with van der Waals surface area (Å²) in [6.07, 6.45) is 0. The van der Waals surface area contributed by atoms with Crippen LogP contribution in [0.5, 0.6) is 11.5 Å². The Morgan fingerprint density at radius 3 is 2.16 bits per heavy atom. The van der Waals surface area contributed by atoms with Gasteiger partial charge in [-0.25, -0.2) is 4.98 Å². The highest BCUT2D eigenvalue weighted by atomic mass is 32.1. The summed E-state index contributed by atoms with van der Waals surface area (Å²) in [6, 6.07) is 50.4. The summed E-state index contributed by atoms with van der Waals surface area (Å²) in [6.45, 7) is 0. The third-order valence-electron chi connectivity index (χ3n) is 9.33. The molecule has 2 nitrogen and oxygen atoms in total. The molecule has 7 aromatic carbocycles. The van der Waals surface area contributed by atoms with Gasteiger partial charge in [0.15, 0.2) is 0 Å². The molecule has 0 saturated carbocycles. The molecule has 2 heterocycles. The average molecular weight is 566 g/mol. The fourth-order valence-corrected chi connectivity index (χ4v) is 8.62. The lowest BCUT2D eigenvalue weighted by Crippen LogP contribution is -2.32. The van der Waals surface area contributed by atoms with Gasteiger partial charge in [-0.2, -0.15) is 0 Å². The summed E-state index contributed by atoms with van der Waals surface area (Å²) in [5.41, 5.74) is 9.06. The monoisotopic (exact) mass is 565 g/mol. The molecule has 0 N–H and O–H groups in total. The summed E-state index contributed by atoms with van der Waals surface area (Å²) in [7, 11) is 0. The van der Waals surface area contributed by atoms with Crippen LogP contribution in [0.4, 0.5) is 0 Å². The highest BCUT2D eigenvalue weighted by Gasteiger charge is 2.53. The van der Waals surface area contributed by atoms with Gasteiger partial charge in [-0.3, -0.25) is 0 Å². The lowest BCUT2D eigenvalue weighted by atomic mass is 9.65. The van der Waals surface area contributed by atoms with Crippen LogP contribution in [0, 0.1) is 0 Å². The second-order valence-electron chi connectivity index (χ2n) is 11.4. The Balaban J connectivity index is 1.43. The number of thiazole rings is 1. The molecule has 1 atom stereocenters. The average Bonchev–Trinajstić information content (AvgIpc) is 3.64. The lowest BCUT2D eigenvalue weighted by Gasteiger charge is -2.40. The summed E-state index contributed by atoms with van der Waals surface area (Å²) < 4.78 is 8.35. The zero-order valence-electron chi connectivity index (χ0n) is 23.0. The number of hydrogen-bond donors (Lipinski definition) is 0. The van der Waals surface area contributed by atoms with Gasteiger partial charge in [0, 0.05) is 27.5 Å². The molecular formula is C40H23NOS. The topological polar surface area (TPSA) is 22.1 Å². The Bertz CT molecular complexity index is 2410. The Kier molecular flexibility index (Phi) is 4.56. The first-order valence-corrected chi connectivity index (χ1v) is 15.5. The van der Waals surface area contributed by atoms with E-state index in [2.05, 4.69) is 140 Å². The van der Waals surface area contributed by atoms with Crippen molar-refractivity contribution in [3.63, 3.8) is 0 Å². The molecular weight excluding hydrogens is 543 g/mol. The van der Waals surface area contributed by atoms with Crippen LogP contribution >= 0.6 is 11.3 Å². The zero-order valence-corrected chi connectivity index (χ0v) is 23.9. The Labute approximate surface area is 252 Å². The SMILES string of the molecule is c1ccc(C23c4cccc(-c5nc6ccccc6s5)c4-c4cc5ccccc5c(c42)Oc2c3ccc3ccccc23)cc1. The van der Waals surface area contributed by atoms with Gasteiger partial charge in [-0.15, -0.1) is 11.3 Å².